The fourth-order valence-corrected chi connectivity index (χ4v) is 4.94. The Morgan fingerprint density at radius 3 is 2.00 bits per heavy atom. The quantitative estimate of drug-likeness (QED) is 0.524. The molecule has 4 nitrogen and oxygen atoms in total. The second kappa shape index (κ2) is 7.44. The highest BCUT2D eigenvalue weighted by atomic mass is 16.5. The summed E-state index contributed by atoms with van der Waals surface area (Å²) in [5.74, 6) is -0.358. The lowest BCUT2D eigenvalue weighted by molar-refractivity contribution is -0.146. The van der Waals surface area contributed by atoms with Gasteiger partial charge in [-0.25, -0.2) is 0 Å². The minimum Gasteiger partial charge on any atom is -0.469 e. The second-order valence-electron chi connectivity index (χ2n) is 10.3. The number of benzene rings is 2. The van der Waals surface area contributed by atoms with Gasteiger partial charge in [0, 0.05) is 22.3 Å². The first-order valence-corrected chi connectivity index (χ1v) is 11.0. The van der Waals surface area contributed by atoms with E-state index < -0.39 is 0 Å². The topological polar surface area (TPSA) is 60.4 Å². The summed E-state index contributed by atoms with van der Waals surface area (Å²) in [7, 11) is 1.44. The predicted octanol–water partition coefficient (Wildman–Crippen LogP) is 5.38. The van der Waals surface area contributed by atoms with Crippen LogP contribution in [0.4, 0.5) is 0 Å². The van der Waals surface area contributed by atoms with Crippen LogP contribution in [0.15, 0.2) is 36.4 Å². The van der Waals surface area contributed by atoms with Gasteiger partial charge in [0.15, 0.2) is 11.6 Å². The average molecular weight is 419 g/mol. The van der Waals surface area contributed by atoms with E-state index in [-0.39, 0.29) is 34.3 Å². The number of rotatable bonds is 2. The zero-order valence-electron chi connectivity index (χ0n) is 19.0. The number of ether oxygens (including phenoxy) is 1. The van der Waals surface area contributed by atoms with Crippen molar-refractivity contribution in [1.82, 2.24) is 0 Å². The smallest absolute Gasteiger partial charge is 0.308 e. The molecule has 1 saturated carbocycles. The van der Waals surface area contributed by atoms with E-state index in [0.29, 0.717) is 22.3 Å². The number of hydrogen-bond donors (Lipinski definition) is 0. The van der Waals surface area contributed by atoms with Crippen LogP contribution in [0.1, 0.15) is 96.3 Å². The van der Waals surface area contributed by atoms with Crippen molar-refractivity contribution in [2.45, 2.75) is 64.2 Å². The highest BCUT2D eigenvalue weighted by Crippen LogP contribution is 2.43. The Labute approximate surface area is 184 Å². The molecule has 31 heavy (non-hydrogen) atoms. The van der Waals surface area contributed by atoms with Gasteiger partial charge < -0.3 is 4.74 Å². The van der Waals surface area contributed by atoms with Gasteiger partial charge in [0.2, 0.25) is 0 Å². The number of fused-ring (bicyclic) bond motifs is 2. The average Bonchev–Trinajstić information content (AvgIpc) is 2.76. The van der Waals surface area contributed by atoms with Gasteiger partial charge >= 0.3 is 5.97 Å². The summed E-state index contributed by atoms with van der Waals surface area (Å²) < 4.78 is 4.91. The van der Waals surface area contributed by atoms with Crippen LogP contribution in [0, 0.1) is 5.92 Å². The summed E-state index contributed by atoms with van der Waals surface area (Å²) in [6, 6.07) is 11.3. The number of hydrogen-bond acceptors (Lipinski definition) is 4. The number of ketones is 2. The molecular formula is C27H30O4. The lowest BCUT2D eigenvalue weighted by Gasteiger charge is -2.37. The third-order valence-corrected chi connectivity index (χ3v) is 7.20. The number of methoxy groups -OCH3 is 1. The van der Waals surface area contributed by atoms with E-state index in [9.17, 15) is 14.4 Å². The Morgan fingerprint density at radius 2 is 1.45 bits per heavy atom. The molecule has 2 aromatic carbocycles. The Hall–Kier alpha value is -2.75. The summed E-state index contributed by atoms with van der Waals surface area (Å²) >= 11 is 0. The number of esters is 1. The molecule has 0 bridgehead atoms. The van der Waals surface area contributed by atoms with Gasteiger partial charge in [-0.3, -0.25) is 14.4 Å². The van der Waals surface area contributed by atoms with Crippen LogP contribution < -0.4 is 0 Å². The van der Waals surface area contributed by atoms with Gasteiger partial charge in [-0.15, -0.1) is 0 Å². The van der Waals surface area contributed by atoms with Crippen LogP contribution in [0.3, 0.4) is 0 Å². The van der Waals surface area contributed by atoms with Crippen LogP contribution in [0.25, 0.3) is 0 Å². The number of carbonyl (C=O) groups excluding carboxylic acids is 3. The van der Waals surface area contributed by atoms with Crippen LogP contribution in [0.5, 0.6) is 0 Å². The fourth-order valence-electron chi connectivity index (χ4n) is 4.94. The maximum Gasteiger partial charge on any atom is 0.308 e. The maximum atomic E-state index is 13.3. The third kappa shape index (κ3) is 3.62. The van der Waals surface area contributed by atoms with E-state index in [1.165, 1.54) is 7.11 Å². The van der Waals surface area contributed by atoms with E-state index in [1.54, 1.807) is 6.07 Å². The van der Waals surface area contributed by atoms with Crippen molar-refractivity contribution in [1.29, 1.82) is 0 Å². The molecule has 0 aromatic heterocycles. The molecule has 4 rings (SSSR count). The Morgan fingerprint density at radius 1 is 0.903 bits per heavy atom. The minimum absolute atomic E-state index is 0.0530. The molecule has 1 fully saturated rings. The summed E-state index contributed by atoms with van der Waals surface area (Å²) in [6.07, 6.45) is 3.23. The molecular weight excluding hydrogens is 388 g/mol. The highest BCUT2D eigenvalue weighted by Gasteiger charge is 2.38. The van der Waals surface area contributed by atoms with Crippen molar-refractivity contribution in [3.63, 3.8) is 0 Å². The predicted molar refractivity (Wildman–Crippen MR) is 120 cm³/mol. The molecule has 2 aliphatic carbocycles. The van der Waals surface area contributed by atoms with Gasteiger partial charge in [0.1, 0.15) is 0 Å². The maximum absolute atomic E-state index is 13.3. The zero-order chi connectivity index (χ0) is 22.6. The van der Waals surface area contributed by atoms with Crippen LogP contribution in [-0.2, 0) is 20.4 Å². The van der Waals surface area contributed by atoms with E-state index in [1.807, 2.05) is 30.3 Å². The minimum atomic E-state index is -0.139. The van der Waals surface area contributed by atoms with Crippen molar-refractivity contribution in [3.8, 4) is 0 Å². The first kappa shape index (κ1) is 21.5. The molecule has 0 atom stereocenters. The van der Waals surface area contributed by atoms with Gasteiger partial charge in [-0.2, -0.15) is 0 Å². The standard InChI is InChI=1S/C27H30O4/c1-26(2,3)17-6-8-19-21(14-17)23(28)20-9-7-18(15-22(20)24(19)29)27(4)12-10-16(11-13-27)25(30)31-5/h6-9,14-16H,10-13H2,1-5H3. The molecule has 0 saturated heterocycles. The molecule has 0 radical (unpaired) electrons. The number of carbonyl (C=O) groups is 3. The molecule has 0 unspecified atom stereocenters. The van der Waals surface area contributed by atoms with E-state index >= 15 is 0 Å². The Balaban J connectivity index is 1.68. The van der Waals surface area contributed by atoms with Crippen molar-refractivity contribution in [2.24, 2.45) is 5.92 Å². The SMILES string of the molecule is COC(=O)C1CCC(C)(c2ccc3c(c2)C(=O)c2ccc(C(C)(C)C)cc2C3=O)CC1. The van der Waals surface area contributed by atoms with Crippen molar-refractivity contribution in [3.05, 3.63) is 69.8 Å². The second-order valence-corrected chi connectivity index (χ2v) is 10.3. The summed E-state index contributed by atoms with van der Waals surface area (Å²) in [5, 5.41) is 0. The zero-order valence-corrected chi connectivity index (χ0v) is 19.0. The van der Waals surface area contributed by atoms with Gasteiger partial charge in [-0.1, -0.05) is 39.8 Å². The third-order valence-electron chi connectivity index (χ3n) is 7.20. The summed E-state index contributed by atoms with van der Waals surface area (Å²) in [4.78, 5) is 38.5. The van der Waals surface area contributed by atoms with Crippen molar-refractivity contribution in [2.75, 3.05) is 7.11 Å². The molecule has 0 spiro atoms. The summed E-state index contributed by atoms with van der Waals surface area (Å²) in [6.45, 7) is 8.47. The molecule has 0 heterocycles. The fraction of sp³-hybridized carbons (Fsp3) is 0.444. The summed E-state index contributed by atoms with van der Waals surface area (Å²) in [5.41, 5.74) is 3.85. The molecule has 0 N–H and O–H groups in total. The lowest BCUT2D eigenvalue weighted by Crippen LogP contribution is -2.32. The first-order chi connectivity index (χ1) is 14.5. The van der Waals surface area contributed by atoms with Crippen LogP contribution in [-0.4, -0.2) is 24.6 Å². The molecule has 0 amide bonds. The van der Waals surface area contributed by atoms with Crippen LogP contribution in [0.2, 0.25) is 0 Å². The molecule has 4 heteroatoms. The van der Waals surface area contributed by atoms with E-state index in [0.717, 1.165) is 36.8 Å². The van der Waals surface area contributed by atoms with E-state index in [2.05, 4.69) is 27.7 Å². The Bertz CT molecular complexity index is 1080. The van der Waals surface area contributed by atoms with E-state index in [4.69, 9.17) is 4.74 Å². The van der Waals surface area contributed by atoms with Crippen LogP contribution >= 0.6 is 0 Å². The lowest BCUT2D eigenvalue weighted by atomic mass is 9.67. The highest BCUT2D eigenvalue weighted by molar-refractivity contribution is 6.28. The largest absolute Gasteiger partial charge is 0.469 e. The normalized spacial score (nSPS) is 23.2. The van der Waals surface area contributed by atoms with Gasteiger partial charge in [-0.05, 0) is 71.9 Å². The Kier molecular flexibility index (Phi) is 5.15. The molecule has 0 aliphatic heterocycles. The molecule has 2 aliphatic rings. The van der Waals surface area contributed by atoms with Crippen molar-refractivity contribution >= 4 is 17.5 Å². The van der Waals surface area contributed by atoms with Gasteiger partial charge in [0.25, 0.3) is 0 Å². The molecule has 162 valence electrons. The van der Waals surface area contributed by atoms with Gasteiger partial charge in [0.05, 0.1) is 13.0 Å². The molecule has 2 aromatic rings. The first-order valence-electron chi connectivity index (χ1n) is 11.0. The van der Waals surface area contributed by atoms with Crippen molar-refractivity contribution < 1.29 is 19.1 Å². The monoisotopic (exact) mass is 418 g/mol.